The fourth-order valence-corrected chi connectivity index (χ4v) is 2.74. The van der Waals surface area contributed by atoms with Crippen LogP contribution in [0.15, 0.2) is 5.16 Å². The summed E-state index contributed by atoms with van der Waals surface area (Å²) in [6.07, 6.45) is 5.26. The molecule has 0 saturated heterocycles. The van der Waals surface area contributed by atoms with Crippen LogP contribution >= 0.6 is 11.8 Å². The highest BCUT2D eigenvalue weighted by Crippen LogP contribution is 2.18. The van der Waals surface area contributed by atoms with Crippen LogP contribution in [-0.4, -0.2) is 37.9 Å². The third kappa shape index (κ3) is 3.69. The van der Waals surface area contributed by atoms with E-state index in [2.05, 4.69) is 20.8 Å². The number of hydrogen-bond acceptors (Lipinski definition) is 5. The molecule has 1 aliphatic rings. The third-order valence-corrected chi connectivity index (χ3v) is 3.87. The maximum absolute atomic E-state index is 11.6. The van der Waals surface area contributed by atoms with Gasteiger partial charge in [0.25, 0.3) is 0 Å². The Labute approximate surface area is 105 Å². The first kappa shape index (κ1) is 12.3. The molecule has 17 heavy (non-hydrogen) atoms. The zero-order valence-electron chi connectivity index (χ0n) is 9.93. The number of nitrogens with zero attached hydrogens (tertiary/aromatic N) is 4. The van der Waals surface area contributed by atoms with E-state index in [-0.39, 0.29) is 5.91 Å². The number of amides is 1. The van der Waals surface area contributed by atoms with E-state index in [0.717, 1.165) is 18.0 Å². The topological polar surface area (TPSA) is 72.7 Å². The minimum Gasteiger partial charge on any atom is -0.353 e. The van der Waals surface area contributed by atoms with Crippen LogP contribution in [0.5, 0.6) is 0 Å². The molecule has 1 N–H and O–H groups in total. The monoisotopic (exact) mass is 255 g/mol. The molecule has 1 aromatic rings. The van der Waals surface area contributed by atoms with Crippen LogP contribution in [0.25, 0.3) is 0 Å². The SMILES string of the molecule is Cn1nnnc1SCCC(=O)NC1CCCC1. The quantitative estimate of drug-likeness (QED) is 0.786. The predicted molar refractivity (Wildman–Crippen MR) is 64.5 cm³/mol. The Morgan fingerprint density at radius 2 is 2.29 bits per heavy atom. The van der Waals surface area contributed by atoms with Crippen LogP contribution in [0.3, 0.4) is 0 Å². The van der Waals surface area contributed by atoms with E-state index in [1.165, 1.54) is 24.6 Å². The lowest BCUT2D eigenvalue weighted by atomic mass is 10.2. The summed E-state index contributed by atoms with van der Waals surface area (Å²) >= 11 is 1.51. The van der Waals surface area contributed by atoms with Gasteiger partial charge in [0, 0.05) is 25.3 Å². The molecule has 1 aromatic heterocycles. The molecule has 6 nitrogen and oxygen atoms in total. The average molecular weight is 255 g/mol. The first-order valence-corrected chi connectivity index (χ1v) is 6.89. The smallest absolute Gasteiger partial charge is 0.221 e. The Balaban J connectivity index is 1.64. The molecule has 7 heteroatoms. The molecule has 2 rings (SSSR count). The largest absolute Gasteiger partial charge is 0.353 e. The number of thioether (sulfide) groups is 1. The van der Waals surface area contributed by atoms with Crippen LogP contribution in [0.4, 0.5) is 0 Å². The molecule has 0 aliphatic heterocycles. The second-order valence-corrected chi connectivity index (χ2v) is 5.29. The summed E-state index contributed by atoms with van der Waals surface area (Å²) in [6.45, 7) is 0. The molecular weight excluding hydrogens is 238 g/mol. The Kier molecular flexibility index (Phi) is 4.36. The van der Waals surface area contributed by atoms with Gasteiger partial charge < -0.3 is 5.32 Å². The van der Waals surface area contributed by atoms with Gasteiger partial charge in [-0.15, -0.1) is 5.10 Å². The summed E-state index contributed by atoms with van der Waals surface area (Å²) < 4.78 is 1.61. The fourth-order valence-electron chi connectivity index (χ4n) is 1.95. The van der Waals surface area contributed by atoms with Gasteiger partial charge in [-0.05, 0) is 23.3 Å². The summed E-state index contributed by atoms with van der Waals surface area (Å²) in [6, 6.07) is 0.406. The van der Waals surface area contributed by atoms with Crippen LogP contribution in [0.1, 0.15) is 32.1 Å². The number of rotatable bonds is 5. The maximum atomic E-state index is 11.6. The number of nitrogens with one attached hydrogen (secondary N) is 1. The van der Waals surface area contributed by atoms with Gasteiger partial charge in [-0.3, -0.25) is 4.79 Å². The summed E-state index contributed by atoms with van der Waals surface area (Å²) in [4.78, 5) is 11.6. The Morgan fingerprint density at radius 3 is 2.94 bits per heavy atom. The lowest BCUT2D eigenvalue weighted by molar-refractivity contribution is -0.121. The number of carbonyl (C=O) groups is 1. The van der Waals surface area contributed by atoms with Gasteiger partial charge in [0.1, 0.15) is 0 Å². The number of aryl methyl sites for hydroxylation is 1. The van der Waals surface area contributed by atoms with E-state index in [4.69, 9.17) is 0 Å². The van der Waals surface area contributed by atoms with E-state index < -0.39 is 0 Å². The van der Waals surface area contributed by atoms with Crippen molar-refractivity contribution in [2.45, 2.75) is 43.3 Å². The molecule has 1 saturated carbocycles. The molecule has 94 valence electrons. The number of carbonyl (C=O) groups excluding carboxylic acids is 1. The van der Waals surface area contributed by atoms with Crippen molar-refractivity contribution in [3.8, 4) is 0 Å². The third-order valence-electron chi connectivity index (χ3n) is 2.86. The van der Waals surface area contributed by atoms with Gasteiger partial charge in [-0.1, -0.05) is 24.6 Å². The van der Waals surface area contributed by atoms with Crippen molar-refractivity contribution in [3.63, 3.8) is 0 Å². The van der Waals surface area contributed by atoms with Crippen LogP contribution < -0.4 is 5.32 Å². The van der Waals surface area contributed by atoms with E-state index in [0.29, 0.717) is 18.2 Å². The molecular formula is C10H17N5OS. The summed E-state index contributed by atoms with van der Waals surface area (Å²) in [5, 5.41) is 14.9. The molecule has 0 bridgehead atoms. The molecule has 1 aliphatic carbocycles. The summed E-state index contributed by atoms with van der Waals surface area (Å²) in [5.74, 6) is 0.853. The first-order valence-electron chi connectivity index (χ1n) is 5.90. The molecule has 1 amide bonds. The Hall–Kier alpha value is -1.11. The normalized spacial score (nSPS) is 16.3. The van der Waals surface area contributed by atoms with Gasteiger partial charge in [0.15, 0.2) is 0 Å². The van der Waals surface area contributed by atoms with E-state index in [1.807, 2.05) is 0 Å². The highest BCUT2D eigenvalue weighted by molar-refractivity contribution is 7.99. The van der Waals surface area contributed by atoms with E-state index in [9.17, 15) is 4.79 Å². The standard InChI is InChI=1S/C10H17N5OS/c1-15-10(12-13-14-15)17-7-6-9(16)11-8-4-2-3-5-8/h8H,2-7H2,1H3,(H,11,16). The van der Waals surface area contributed by atoms with Crippen molar-refractivity contribution in [1.29, 1.82) is 0 Å². The van der Waals surface area contributed by atoms with E-state index >= 15 is 0 Å². The molecule has 0 aromatic carbocycles. The van der Waals surface area contributed by atoms with Gasteiger partial charge in [0.2, 0.25) is 11.1 Å². The van der Waals surface area contributed by atoms with Crippen molar-refractivity contribution >= 4 is 17.7 Å². The Bertz CT molecular complexity index is 375. The van der Waals surface area contributed by atoms with Crippen molar-refractivity contribution in [2.24, 2.45) is 7.05 Å². The second-order valence-electron chi connectivity index (χ2n) is 4.23. The number of aromatic nitrogens is 4. The molecule has 0 atom stereocenters. The number of tetrazole rings is 1. The van der Waals surface area contributed by atoms with Gasteiger partial charge in [-0.25, -0.2) is 4.68 Å². The lowest BCUT2D eigenvalue weighted by Crippen LogP contribution is -2.32. The molecule has 1 heterocycles. The van der Waals surface area contributed by atoms with Gasteiger partial charge in [0.05, 0.1) is 0 Å². The molecule has 0 radical (unpaired) electrons. The van der Waals surface area contributed by atoms with Crippen LogP contribution in [0.2, 0.25) is 0 Å². The van der Waals surface area contributed by atoms with Crippen molar-refractivity contribution < 1.29 is 4.79 Å². The Morgan fingerprint density at radius 1 is 1.53 bits per heavy atom. The number of hydrogen-bond donors (Lipinski definition) is 1. The molecule has 1 fully saturated rings. The second kappa shape index (κ2) is 6.00. The average Bonchev–Trinajstić information content (AvgIpc) is 2.91. The van der Waals surface area contributed by atoms with Crippen LogP contribution in [0, 0.1) is 0 Å². The van der Waals surface area contributed by atoms with Crippen molar-refractivity contribution in [2.75, 3.05) is 5.75 Å². The summed E-state index contributed by atoms with van der Waals surface area (Å²) in [5.41, 5.74) is 0. The summed E-state index contributed by atoms with van der Waals surface area (Å²) in [7, 11) is 1.79. The lowest BCUT2D eigenvalue weighted by Gasteiger charge is -2.11. The van der Waals surface area contributed by atoms with E-state index in [1.54, 1.807) is 11.7 Å². The van der Waals surface area contributed by atoms with Gasteiger partial charge >= 0.3 is 0 Å². The van der Waals surface area contributed by atoms with Crippen molar-refractivity contribution in [3.05, 3.63) is 0 Å². The zero-order chi connectivity index (χ0) is 12.1. The predicted octanol–water partition coefficient (Wildman–Crippen LogP) is 0.751. The molecule has 0 unspecified atom stereocenters. The minimum atomic E-state index is 0.138. The highest BCUT2D eigenvalue weighted by Gasteiger charge is 2.16. The zero-order valence-corrected chi connectivity index (χ0v) is 10.7. The minimum absolute atomic E-state index is 0.138. The van der Waals surface area contributed by atoms with Gasteiger partial charge in [-0.2, -0.15) is 0 Å². The maximum Gasteiger partial charge on any atom is 0.221 e. The first-order chi connectivity index (χ1) is 8.25. The highest BCUT2D eigenvalue weighted by atomic mass is 32.2. The molecule has 0 spiro atoms. The fraction of sp³-hybridized carbons (Fsp3) is 0.800. The van der Waals surface area contributed by atoms with Crippen LogP contribution in [-0.2, 0) is 11.8 Å². The van der Waals surface area contributed by atoms with Crippen molar-refractivity contribution in [1.82, 2.24) is 25.5 Å².